The lowest BCUT2D eigenvalue weighted by Crippen LogP contribution is -2.17. The molecule has 1 unspecified atom stereocenters. The van der Waals surface area contributed by atoms with Crippen LogP contribution < -0.4 is 0 Å². The van der Waals surface area contributed by atoms with Crippen LogP contribution in [0.1, 0.15) is 24.8 Å². The first-order chi connectivity index (χ1) is 7.65. The molecule has 1 aliphatic carbocycles. The first kappa shape index (κ1) is 11.6. The molecule has 0 radical (unpaired) electrons. The van der Waals surface area contributed by atoms with Crippen LogP contribution in [0.3, 0.4) is 0 Å². The lowest BCUT2D eigenvalue weighted by molar-refractivity contribution is -0.142. The van der Waals surface area contributed by atoms with Crippen LogP contribution in [0.15, 0.2) is 28.7 Å². The summed E-state index contributed by atoms with van der Waals surface area (Å²) in [4.78, 5) is 11.1. The van der Waals surface area contributed by atoms with Crippen molar-refractivity contribution in [2.24, 2.45) is 11.8 Å². The lowest BCUT2D eigenvalue weighted by atomic mass is 9.94. The van der Waals surface area contributed by atoms with Crippen molar-refractivity contribution < 1.29 is 9.90 Å². The Morgan fingerprint density at radius 3 is 2.81 bits per heavy atom. The summed E-state index contributed by atoms with van der Waals surface area (Å²) >= 11 is 3.40. The van der Waals surface area contributed by atoms with Gasteiger partial charge in [-0.3, -0.25) is 4.79 Å². The number of hydrogen-bond acceptors (Lipinski definition) is 1. The van der Waals surface area contributed by atoms with Crippen LogP contribution in [0.5, 0.6) is 0 Å². The van der Waals surface area contributed by atoms with E-state index in [0.717, 1.165) is 16.5 Å². The molecule has 0 heterocycles. The van der Waals surface area contributed by atoms with E-state index in [-0.39, 0.29) is 5.92 Å². The summed E-state index contributed by atoms with van der Waals surface area (Å²) in [5.41, 5.74) is 1.10. The Kier molecular flexibility index (Phi) is 3.64. The van der Waals surface area contributed by atoms with Crippen LogP contribution in [0, 0.1) is 11.8 Å². The number of benzene rings is 1. The SMILES string of the molecule is O=C(O)C(Cc1cccc(Br)c1)CC1CC1. The highest BCUT2D eigenvalue weighted by Gasteiger charge is 2.29. The van der Waals surface area contributed by atoms with Gasteiger partial charge >= 0.3 is 5.97 Å². The number of halogens is 1. The van der Waals surface area contributed by atoms with Crippen LogP contribution in [0.25, 0.3) is 0 Å². The Morgan fingerprint density at radius 1 is 1.50 bits per heavy atom. The summed E-state index contributed by atoms with van der Waals surface area (Å²) in [6.07, 6.45) is 3.90. The van der Waals surface area contributed by atoms with E-state index in [9.17, 15) is 4.79 Å². The van der Waals surface area contributed by atoms with Crippen LogP contribution in [-0.4, -0.2) is 11.1 Å². The number of aliphatic carboxylic acids is 1. The normalized spacial score (nSPS) is 17.1. The van der Waals surface area contributed by atoms with Gasteiger partial charge in [-0.2, -0.15) is 0 Å². The topological polar surface area (TPSA) is 37.3 Å². The second kappa shape index (κ2) is 5.00. The highest BCUT2D eigenvalue weighted by atomic mass is 79.9. The maximum absolute atomic E-state index is 11.1. The van der Waals surface area contributed by atoms with Crippen LogP contribution in [0.2, 0.25) is 0 Å². The first-order valence-corrected chi connectivity index (χ1v) is 6.41. The molecule has 1 aromatic carbocycles. The van der Waals surface area contributed by atoms with Crippen molar-refractivity contribution in [1.82, 2.24) is 0 Å². The molecule has 2 rings (SSSR count). The smallest absolute Gasteiger partial charge is 0.306 e. The molecular weight excluding hydrogens is 268 g/mol. The fourth-order valence-corrected chi connectivity index (χ4v) is 2.42. The van der Waals surface area contributed by atoms with E-state index < -0.39 is 5.97 Å². The molecule has 2 nitrogen and oxygen atoms in total. The number of carboxylic acids is 1. The average molecular weight is 283 g/mol. The first-order valence-electron chi connectivity index (χ1n) is 5.62. The zero-order valence-electron chi connectivity index (χ0n) is 9.03. The minimum atomic E-state index is -0.660. The standard InChI is InChI=1S/C13H15BrO2/c14-12-3-1-2-10(8-12)7-11(13(15)16)6-9-4-5-9/h1-3,8-9,11H,4-7H2,(H,15,16). The summed E-state index contributed by atoms with van der Waals surface area (Å²) in [5, 5.41) is 9.17. The molecule has 1 aromatic rings. The highest BCUT2D eigenvalue weighted by molar-refractivity contribution is 9.10. The molecule has 16 heavy (non-hydrogen) atoms. The third-order valence-electron chi connectivity index (χ3n) is 3.04. The Morgan fingerprint density at radius 2 is 2.25 bits per heavy atom. The second-order valence-corrected chi connectivity index (χ2v) is 5.46. The fourth-order valence-electron chi connectivity index (χ4n) is 1.98. The van der Waals surface area contributed by atoms with E-state index in [0.29, 0.717) is 12.3 Å². The van der Waals surface area contributed by atoms with Gasteiger partial charge < -0.3 is 5.11 Å². The minimum absolute atomic E-state index is 0.221. The molecule has 0 spiro atoms. The third-order valence-corrected chi connectivity index (χ3v) is 3.53. The van der Waals surface area contributed by atoms with E-state index in [1.807, 2.05) is 24.3 Å². The van der Waals surface area contributed by atoms with Crippen molar-refractivity contribution in [3.05, 3.63) is 34.3 Å². The summed E-state index contributed by atoms with van der Waals surface area (Å²) in [5.74, 6) is -0.220. The predicted molar refractivity (Wildman–Crippen MR) is 66.3 cm³/mol. The number of rotatable bonds is 5. The maximum atomic E-state index is 11.1. The molecule has 0 amide bonds. The molecule has 0 aromatic heterocycles. The zero-order valence-corrected chi connectivity index (χ0v) is 10.6. The quantitative estimate of drug-likeness (QED) is 0.898. The predicted octanol–water partition coefficient (Wildman–Crippen LogP) is 3.49. The van der Waals surface area contributed by atoms with E-state index in [1.54, 1.807) is 0 Å². The monoisotopic (exact) mass is 282 g/mol. The van der Waals surface area contributed by atoms with Crippen molar-refractivity contribution in [3.63, 3.8) is 0 Å². The molecule has 0 saturated heterocycles. The van der Waals surface area contributed by atoms with Gasteiger partial charge in [0.15, 0.2) is 0 Å². The molecule has 3 heteroatoms. The summed E-state index contributed by atoms with van der Waals surface area (Å²) < 4.78 is 1.01. The van der Waals surface area contributed by atoms with Crippen LogP contribution in [-0.2, 0) is 11.2 Å². The fraction of sp³-hybridized carbons (Fsp3) is 0.462. The van der Waals surface area contributed by atoms with Gasteiger partial charge in [0.05, 0.1) is 5.92 Å². The van der Waals surface area contributed by atoms with Crippen molar-refractivity contribution >= 4 is 21.9 Å². The molecular formula is C13H15BrO2. The van der Waals surface area contributed by atoms with E-state index in [1.165, 1.54) is 12.8 Å². The van der Waals surface area contributed by atoms with Crippen molar-refractivity contribution in [1.29, 1.82) is 0 Å². The van der Waals surface area contributed by atoms with Gasteiger partial charge in [0, 0.05) is 4.47 Å². The molecule has 1 aliphatic rings. The van der Waals surface area contributed by atoms with Gasteiger partial charge in [-0.15, -0.1) is 0 Å². The summed E-state index contributed by atoms with van der Waals surface area (Å²) in [7, 11) is 0. The molecule has 0 aliphatic heterocycles. The van der Waals surface area contributed by atoms with Gasteiger partial charge in [0.2, 0.25) is 0 Å². The molecule has 1 saturated carbocycles. The third kappa shape index (κ3) is 3.34. The summed E-state index contributed by atoms with van der Waals surface area (Å²) in [6, 6.07) is 7.91. The molecule has 0 bridgehead atoms. The molecule has 86 valence electrons. The van der Waals surface area contributed by atoms with Gasteiger partial charge in [-0.1, -0.05) is 40.9 Å². The van der Waals surface area contributed by atoms with Gasteiger partial charge in [-0.25, -0.2) is 0 Å². The number of hydrogen-bond donors (Lipinski definition) is 1. The molecule has 1 atom stereocenters. The largest absolute Gasteiger partial charge is 0.481 e. The van der Waals surface area contributed by atoms with E-state index in [4.69, 9.17) is 5.11 Å². The molecule has 1 fully saturated rings. The highest BCUT2D eigenvalue weighted by Crippen LogP contribution is 2.36. The maximum Gasteiger partial charge on any atom is 0.306 e. The lowest BCUT2D eigenvalue weighted by Gasteiger charge is -2.11. The number of carbonyl (C=O) groups is 1. The Hall–Kier alpha value is -0.830. The summed E-state index contributed by atoms with van der Waals surface area (Å²) in [6.45, 7) is 0. The minimum Gasteiger partial charge on any atom is -0.481 e. The second-order valence-electron chi connectivity index (χ2n) is 4.55. The average Bonchev–Trinajstić information content (AvgIpc) is 3.00. The van der Waals surface area contributed by atoms with Crippen LogP contribution >= 0.6 is 15.9 Å². The van der Waals surface area contributed by atoms with E-state index >= 15 is 0 Å². The Balaban J connectivity index is 2.01. The van der Waals surface area contributed by atoms with Crippen LogP contribution in [0.4, 0.5) is 0 Å². The zero-order chi connectivity index (χ0) is 11.5. The van der Waals surface area contributed by atoms with Crippen molar-refractivity contribution in [2.45, 2.75) is 25.7 Å². The Labute approximate surface area is 104 Å². The van der Waals surface area contributed by atoms with E-state index in [2.05, 4.69) is 15.9 Å². The molecule has 1 N–H and O–H groups in total. The number of carboxylic acid groups (broad SMARTS) is 1. The van der Waals surface area contributed by atoms with Gasteiger partial charge in [0.25, 0.3) is 0 Å². The van der Waals surface area contributed by atoms with Gasteiger partial charge in [-0.05, 0) is 36.5 Å². The van der Waals surface area contributed by atoms with Crippen molar-refractivity contribution in [2.75, 3.05) is 0 Å². The van der Waals surface area contributed by atoms with Gasteiger partial charge in [0.1, 0.15) is 0 Å². The Bertz CT molecular complexity index is 385. The van der Waals surface area contributed by atoms with Crippen molar-refractivity contribution in [3.8, 4) is 0 Å².